The van der Waals surface area contributed by atoms with Gasteiger partial charge in [0.2, 0.25) is 0 Å². The molecule has 3 atom stereocenters. The van der Waals surface area contributed by atoms with Crippen LogP contribution in [0, 0.1) is 11.8 Å². The third-order valence-corrected chi connectivity index (χ3v) is 5.80. The maximum Gasteiger partial charge on any atom is 0.336 e. The molecule has 1 aromatic rings. The molecule has 1 N–H and O–H groups in total. The number of esters is 2. The van der Waals surface area contributed by atoms with Crippen LogP contribution in [-0.2, 0) is 23.9 Å². The number of rotatable bonds is 4. The summed E-state index contributed by atoms with van der Waals surface area (Å²) >= 11 is 6.47. The number of dihydropyridines is 1. The summed E-state index contributed by atoms with van der Waals surface area (Å²) in [6.45, 7) is 5.54. The van der Waals surface area contributed by atoms with Crippen molar-refractivity contribution in [3.05, 3.63) is 57.4 Å². The van der Waals surface area contributed by atoms with Gasteiger partial charge < -0.3 is 14.8 Å². The van der Waals surface area contributed by atoms with Gasteiger partial charge in [-0.2, -0.15) is 0 Å². The zero-order chi connectivity index (χ0) is 21.3. The molecule has 2 aliphatic rings. The first-order chi connectivity index (χ1) is 13.8. The number of ether oxygens (including phenoxy) is 2. The number of allylic oxidation sites excluding steroid dienone is 3. The molecule has 0 saturated carbocycles. The van der Waals surface area contributed by atoms with E-state index in [1.807, 2.05) is 6.92 Å². The number of halogens is 1. The predicted molar refractivity (Wildman–Crippen MR) is 108 cm³/mol. The van der Waals surface area contributed by atoms with Crippen LogP contribution in [0.4, 0.5) is 0 Å². The van der Waals surface area contributed by atoms with Gasteiger partial charge in [0.1, 0.15) is 5.92 Å². The maximum atomic E-state index is 13.5. The van der Waals surface area contributed by atoms with Crippen LogP contribution < -0.4 is 5.32 Å². The van der Waals surface area contributed by atoms with Gasteiger partial charge in [-0.15, -0.1) is 0 Å². The number of Topliss-reactive ketones (excluding diaryl/α,β-unsaturated/α-hetero) is 1. The summed E-state index contributed by atoms with van der Waals surface area (Å²) in [6.07, 6.45) is 0.481. The minimum Gasteiger partial charge on any atom is -0.468 e. The van der Waals surface area contributed by atoms with Crippen LogP contribution in [0.15, 0.2) is 46.8 Å². The van der Waals surface area contributed by atoms with Crippen molar-refractivity contribution in [2.45, 2.75) is 33.1 Å². The molecule has 0 amide bonds. The molecule has 3 rings (SSSR count). The zero-order valence-electron chi connectivity index (χ0n) is 16.9. The number of hydrogen-bond donors (Lipinski definition) is 1. The first kappa shape index (κ1) is 21.1. The van der Waals surface area contributed by atoms with Crippen molar-refractivity contribution < 1.29 is 23.9 Å². The van der Waals surface area contributed by atoms with Crippen molar-refractivity contribution >= 4 is 29.3 Å². The van der Waals surface area contributed by atoms with Gasteiger partial charge in [0.15, 0.2) is 5.78 Å². The van der Waals surface area contributed by atoms with Gasteiger partial charge in [-0.1, -0.05) is 36.7 Å². The van der Waals surface area contributed by atoms with Gasteiger partial charge in [0.25, 0.3) is 0 Å². The van der Waals surface area contributed by atoms with Crippen LogP contribution in [0.1, 0.15) is 38.7 Å². The third kappa shape index (κ3) is 3.69. The Morgan fingerprint density at radius 1 is 1.28 bits per heavy atom. The lowest BCUT2D eigenvalue weighted by molar-refractivity contribution is -0.151. The van der Waals surface area contributed by atoms with Crippen molar-refractivity contribution in [1.29, 1.82) is 0 Å². The highest BCUT2D eigenvalue weighted by Crippen LogP contribution is 2.46. The van der Waals surface area contributed by atoms with E-state index >= 15 is 0 Å². The summed E-state index contributed by atoms with van der Waals surface area (Å²) < 4.78 is 10.1. The third-order valence-electron chi connectivity index (χ3n) is 5.45. The van der Waals surface area contributed by atoms with Crippen LogP contribution >= 0.6 is 11.6 Å². The van der Waals surface area contributed by atoms with Crippen molar-refractivity contribution in [1.82, 2.24) is 5.32 Å². The molecule has 0 fully saturated rings. The van der Waals surface area contributed by atoms with E-state index in [-0.39, 0.29) is 18.3 Å². The number of nitrogens with one attached hydrogen (secondary N) is 1. The summed E-state index contributed by atoms with van der Waals surface area (Å²) in [4.78, 5) is 38.7. The number of methoxy groups -OCH3 is 1. The highest BCUT2D eigenvalue weighted by molar-refractivity contribution is 6.31. The van der Waals surface area contributed by atoms with Crippen LogP contribution in [0.3, 0.4) is 0 Å². The molecule has 7 heteroatoms. The first-order valence-electron chi connectivity index (χ1n) is 9.56. The lowest BCUT2D eigenvalue weighted by atomic mass is 9.69. The van der Waals surface area contributed by atoms with E-state index in [0.29, 0.717) is 39.5 Å². The van der Waals surface area contributed by atoms with Crippen molar-refractivity contribution in [3.8, 4) is 0 Å². The number of benzene rings is 1. The van der Waals surface area contributed by atoms with Crippen LogP contribution in [0.2, 0.25) is 5.02 Å². The van der Waals surface area contributed by atoms with Gasteiger partial charge >= 0.3 is 11.9 Å². The second kappa shape index (κ2) is 8.41. The monoisotopic (exact) mass is 417 g/mol. The van der Waals surface area contributed by atoms with E-state index in [1.54, 1.807) is 38.1 Å². The van der Waals surface area contributed by atoms with Crippen molar-refractivity contribution in [3.63, 3.8) is 0 Å². The lowest BCUT2D eigenvalue weighted by Gasteiger charge is -2.38. The lowest BCUT2D eigenvalue weighted by Crippen LogP contribution is -2.43. The predicted octanol–water partition coefficient (Wildman–Crippen LogP) is 3.52. The Morgan fingerprint density at radius 3 is 2.59 bits per heavy atom. The van der Waals surface area contributed by atoms with Gasteiger partial charge in [-0.05, 0) is 37.8 Å². The van der Waals surface area contributed by atoms with Gasteiger partial charge in [0, 0.05) is 27.9 Å². The van der Waals surface area contributed by atoms with Crippen molar-refractivity contribution in [2.75, 3.05) is 13.7 Å². The molecule has 0 bridgehead atoms. The Bertz CT molecular complexity index is 933. The molecule has 6 nitrogen and oxygen atoms in total. The molecule has 0 saturated heterocycles. The van der Waals surface area contributed by atoms with E-state index < -0.39 is 23.8 Å². The normalized spacial score (nSPS) is 24.0. The molecular formula is C22H24ClNO5. The fourth-order valence-electron chi connectivity index (χ4n) is 4.18. The minimum absolute atomic E-state index is 0.201. The van der Waals surface area contributed by atoms with Crippen molar-refractivity contribution in [2.24, 2.45) is 11.8 Å². The smallest absolute Gasteiger partial charge is 0.336 e. The Kier molecular flexibility index (Phi) is 6.13. The molecule has 0 unspecified atom stereocenters. The summed E-state index contributed by atoms with van der Waals surface area (Å²) in [6, 6.07) is 7.08. The Balaban J connectivity index is 2.21. The fourth-order valence-corrected chi connectivity index (χ4v) is 4.42. The average molecular weight is 418 g/mol. The number of hydrogen-bond acceptors (Lipinski definition) is 6. The summed E-state index contributed by atoms with van der Waals surface area (Å²) in [5.41, 5.74) is 2.64. The second-order valence-corrected chi connectivity index (χ2v) is 7.68. The first-order valence-corrected chi connectivity index (χ1v) is 9.93. The highest BCUT2D eigenvalue weighted by Gasteiger charge is 2.47. The van der Waals surface area contributed by atoms with Gasteiger partial charge in [0.05, 0.1) is 19.3 Å². The maximum absolute atomic E-state index is 13.5. The highest BCUT2D eigenvalue weighted by atomic mass is 35.5. The van der Waals surface area contributed by atoms with E-state index in [4.69, 9.17) is 21.1 Å². The fraction of sp³-hybridized carbons (Fsp3) is 0.409. The molecular weight excluding hydrogens is 394 g/mol. The van der Waals surface area contributed by atoms with E-state index in [9.17, 15) is 14.4 Å². The Morgan fingerprint density at radius 2 is 1.97 bits per heavy atom. The molecule has 0 aromatic heterocycles. The quantitative estimate of drug-likeness (QED) is 0.596. The molecule has 1 aliphatic heterocycles. The molecule has 0 spiro atoms. The SMILES string of the molecule is CCOC(=O)C1=C(C)NC2=C(C(=O)[C@@H](C(=O)OC)[C@@H](C)C2)[C@@H]1c1ccccc1Cl. The molecule has 1 aliphatic carbocycles. The summed E-state index contributed by atoms with van der Waals surface area (Å²) in [5, 5.41) is 3.64. The molecule has 29 heavy (non-hydrogen) atoms. The Hall–Kier alpha value is -2.60. The molecule has 154 valence electrons. The topological polar surface area (TPSA) is 81.7 Å². The molecule has 0 radical (unpaired) electrons. The van der Waals surface area contributed by atoms with E-state index in [0.717, 1.165) is 0 Å². The van der Waals surface area contributed by atoms with E-state index in [2.05, 4.69) is 5.32 Å². The van der Waals surface area contributed by atoms with Gasteiger partial charge in [-0.3, -0.25) is 9.59 Å². The van der Waals surface area contributed by atoms with E-state index in [1.165, 1.54) is 7.11 Å². The van der Waals surface area contributed by atoms with Crippen LogP contribution in [-0.4, -0.2) is 31.4 Å². The average Bonchev–Trinajstić information content (AvgIpc) is 2.67. The number of carbonyl (C=O) groups is 3. The van der Waals surface area contributed by atoms with Gasteiger partial charge in [-0.25, -0.2) is 4.79 Å². The van der Waals surface area contributed by atoms with Crippen LogP contribution in [0.5, 0.6) is 0 Å². The summed E-state index contributed by atoms with van der Waals surface area (Å²) in [7, 11) is 1.27. The number of ketones is 1. The minimum atomic E-state index is -0.924. The Labute approximate surface area is 174 Å². The van der Waals surface area contributed by atoms with Crippen LogP contribution in [0.25, 0.3) is 0 Å². The zero-order valence-corrected chi connectivity index (χ0v) is 17.6. The number of carbonyl (C=O) groups excluding carboxylic acids is 3. The standard InChI is InChI=1S/C22H24ClNO5/c1-5-29-22(27)17-12(3)24-15-10-11(2)16(21(26)28-4)20(25)19(15)18(17)13-8-6-7-9-14(13)23/h6-9,11,16,18,24H,5,10H2,1-4H3/t11-,16-,18+/m0/s1. The molecule has 1 aromatic carbocycles. The second-order valence-electron chi connectivity index (χ2n) is 7.28. The largest absolute Gasteiger partial charge is 0.468 e. The summed E-state index contributed by atoms with van der Waals surface area (Å²) in [5.74, 6) is -3.31. The molecule has 1 heterocycles.